The third-order valence-corrected chi connectivity index (χ3v) is 4.19. The van der Waals surface area contributed by atoms with E-state index in [2.05, 4.69) is 11.7 Å². The molecule has 2 nitrogen and oxygen atoms in total. The van der Waals surface area contributed by atoms with Crippen molar-refractivity contribution in [2.24, 2.45) is 28.0 Å². The maximum atomic E-state index is 5.79. The molecule has 2 bridgehead atoms. The average molecular weight is 180 g/mol. The largest absolute Gasteiger partial charge is 0.330 e. The Labute approximate surface area is 80.6 Å². The van der Waals surface area contributed by atoms with Gasteiger partial charge in [-0.1, -0.05) is 0 Å². The summed E-state index contributed by atoms with van der Waals surface area (Å²) < 4.78 is 0. The molecular weight excluding hydrogens is 160 g/mol. The minimum Gasteiger partial charge on any atom is -0.330 e. The number of aliphatic imine (C=N–C) groups is 1. The Morgan fingerprint density at radius 2 is 2.23 bits per heavy atom. The lowest BCUT2D eigenvalue weighted by molar-refractivity contribution is -0.0423. The van der Waals surface area contributed by atoms with Crippen LogP contribution in [0.25, 0.3) is 0 Å². The molecule has 3 aliphatic rings. The van der Waals surface area contributed by atoms with E-state index in [0.29, 0.717) is 5.41 Å². The summed E-state index contributed by atoms with van der Waals surface area (Å²) in [5.74, 6) is 1.90. The minimum absolute atomic E-state index is 0.572. The topological polar surface area (TPSA) is 38.4 Å². The molecule has 0 heterocycles. The highest BCUT2D eigenvalue weighted by molar-refractivity contribution is 5.23. The van der Waals surface area contributed by atoms with Crippen molar-refractivity contribution in [2.45, 2.75) is 32.1 Å². The van der Waals surface area contributed by atoms with Crippen molar-refractivity contribution in [1.29, 1.82) is 0 Å². The molecule has 0 aromatic carbocycles. The van der Waals surface area contributed by atoms with Gasteiger partial charge in [0.15, 0.2) is 0 Å². The first kappa shape index (κ1) is 9.20. The van der Waals surface area contributed by atoms with E-state index in [4.69, 9.17) is 5.73 Å². The van der Waals surface area contributed by atoms with Crippen LogP contribution >= 0.6 is 0 Å². The zero-order valence-electron chi connectivity index (χ0n) is 8.34. The smallest absolute Gasteiger partial charge is 0.0384 e. The van der Waals surface area contributed by atoms with Gasteiger partial charge < -0.3 is 10.7 Å². The van der Waals surface area contributed by atoms with E-state index < -0.39 is 0 Å². The summed E-state index contributed by atoms with van der Waals surface area (Å²) in [4.78, 5) is 3.94. The summed E-state index contributed by atoms with van der Waals surface area (Å²) in [7, 11) is 0. The molecular formula is C11H20N2. The van der Waals surface area contributed by atoms with Crippen molar-refractivity contribution in [3.63, 3.8) is 0 Å². The lowest BCUT2D eigenvalue weighted by Crippen LogP contribution is -2.50. The van der Waals surface area contributed by atoms with Gasteiger partial charge in [-0.3, -0.25) is 0 Å². The molecule has 3 aliphatic carbocycles. The van der Waals surface area contributed by atoms with E-state index in [1.165, 1.54) is 32.1 Å². The molecule has 0 aromatic rings. The Hall–Kier alpha value is -0.370. The summed E-state index contributed by atoms with van der Waals surface area (Å²) in [5.41, 5.74) is 6.36. The molecule has 3 rings (SSSR count). The van der Waals surface area contributed by atoms with Crippen molar-refractivity contribution in [2.75, 3.05) is 13.1 Å². The SMILES string of the molecule is C=NCCC1CCC2(CN)CC1C2. The van der Waals surface area contributed by atoms with Crippen molar-refractivity contribution in [1.82, 2.24) is 0 Å². The third kappa shape index (κ3) is 1.52. The summed E-state index contributed by atoms with van der Waals surface area (Å²) in [6.45, 7) is 5.41. The van der Waals surface area contributed by atoms with Crippen LogP contribution in [0.5, 0.6) is 0 Å². The van der Waals surface area contributed by atoms with Gasteiger partial charge >= 0.3 is 0 Å². The van der Waals surface area contributed by atoms with Gasteiger partial charge in [-0.25, -0.2) is 0 Å². The fourth-order valence-corrected chi connectivity index (χ4v) is 3.22. The lowest BCUT2D eigenvalue weighted by Gasteiger charge is -2.56. The molecule has 0 radical (unpaired) electrons. The highest BCUT2D eigenvalue weighted by atomic mass is 14.7. The summed E-state index contributed by atoms with van der Waals surface area (Å²) in [6.07, 6.45) is 6.80. The van der Waals surface area contributed by atoms with Gasteiger partial charge in [-0.15, -0.1) is 0 Å². The van der Waals surface area contributed by atoms with E-state index in [1.54, 1.807) is 0 Å². The van der Waals surface area contributed by atoms with Gasteiger partial charge in [-0.05, 0) is 62.6 Å². The first-order valence-electron chi connectivity index (χ1n) is 5.42. The van der Waals surface area contributed by atoms with Crippen LogP contribution in [0.4, 0.5) is 0 Å². The van der Waals surface area contributed by atoms with Gasteiger partial charge in [0.05, 0.1) is 0 Å². The van der Waals surface area contributed by atoms with Crippen LogP contribution in [0.1, 0.15) is 32.1 Å². The molecule has 2 N–H and O–H groups in total. The monoisotopic (exact) mass is 180 g/mol. The molecule has 1 unspecified atom stereocenters. The maximum Gasteiger partial charge on any atom is 0.0384 e. The number of fused-ring (bicyclic) bond motifs is 2. The van der Waals surface area contributed by atoms with Crippen LogP contribution in [-0.2, 0) is 0 Å². The predicted molar refractivity (Wildman–Crippen MR) is 56.0 cm³/mol. The van der Waals surface area contributed by atoms with Gasteiger partial charge in [0.25, 0.3) is 0 Å². The molecule has 0 spiro atoms. The van der Waals surface area contributed by atoms with Gasteiger partial charge in [0, 0.05) is 6.54 Å². The standard InChI is InChI=1S/C11H20N2/c1-13-5-3-9-2-4-11(8-12)6-10(9)7-11/h9-10H,1-8,12H2. The maximum absolute atomic E-state index is 5.79. The van der Waals surface area contributed by atoms with E-state index >= 15 is 0 Å². The summed E-state index contributed by atoms with van der Waals surface area (Å²) in [5, 5.41) is 0. The number of nitrogens with zero attached hydrogens (tertiary/aromatic N) is 1. The van der Waals surface area contributed by atoms with Crippen molar-refractivity contribution >= 4 is 6.72 Å². The molecule has 0 saturated heterocycles. The lowest BCUT2D eigenvalue weighted by atomic mass is 9.50. The van der Waals surface area contributed by atoms with Crippen molar-refractivity contribution in [3.8, 4) is 0 Å². The van der Waals surface area contributed by atoms with Gasteiger partial charge in [0.2, 0.25) is 0 Å². The Morgan fingerprint density at radius 3 is 2.69 bits per heavy atom. The first-order chi connectivity index (χ1) is 6.29. The minimum atomic E-state index is 0.572. The van der Waals surface area contributed by atoms with E-state index in [-0.39, 0.29) is 0 Å². The van der Waals surface area contributed by atoms with Crippen LogP contribution in [0.15, 0.2) is 4.99 Å². The first-order valence-corrected chi connectivity index (χ1v) is 5.42. The second-order valence-corrected chi connectivity index (χ2v) is 4.91. The predicted octanol–water partition coefficient (Wildman–Crippen LogP) is 1.84. The van der Waals surface area contributed by atoms with Crippen LogP contribution < -0.4 is 5.73 Å². The highest BCUT2D eigenvalue weighted by Crippen LogP contribution is 2.58. The number of hydrogen-bond acceptors (Lipinski definition) is 2. The molecule has 2 heteroatoms. The van der Waals surface area contributed by atoms with Gasteiger partial charge in [0.1, 0.15) is 0 Å². The van der Waals surface area contributed by atoms with E-state index in [0.717, 1.165) is 24.9 Å². The van der Waals surface area contributed by atoms with E-state index in [1.807, 2.05) is 0 Å². The highest BCUT2D eigenvalue weighted by Gasteiger charge is 2.49. The molecule has 0 aromatic heterocycles. The molecule has 0 amide bonds. The average Bonchev–Trinajstić information content (AvgIpc) is 2.13. The molecule has 74 valence electrons. The molecule has 0 aliphatic heterocycles. The fraction of sp³-hybridized carbons (Fsp3) is 0.909. The summed E-state index contributed by atoms with van der Waals surface area (Å²) in [6, 6.07) is 0. The Morgan fingerprint density at radius 1 is 1.46 bits per heavy atom. The van der Waals surface area contributed by atoms with Crippen molar-refractivity contribution in [3.05, 3.63) is 0 Å². The quantitative estimate of drug-likeness (QED) is 0.659. The van der Waals surface area contributed by atoms with Crippen LogP contribution in [0, 0.1) is 17.3 Å². The molecule has 1 atom stereocenters. The molecule has 3 fully saturated rings. The second kappa shape index (κ2) is 3.41. The third-order valence-electron chi connectivity index (χ3n) is 4.19. The number of hydrogen-bond donors (Lipinski definition) is 1. The number of rotatable bonds is 4. The van der Waals surface area contributed by atoms with Crippen molar-refractivity contribution < 1.29 is 0 Å². The number of nitrogens with two attached hydrogens (primary N) is 1. The molecule has 13 heavy (non-hydrogen) atoms. The fourth-order valence-electron chi connectivity index (χ4n) is 3.22. The zero-order valence-corrected chi connectivity index (χ0v) is 8.34. The zero-order chi connectivity index (χ0) is 9.31. The summed E-state index contributed by atoms with van der Waals surface area (Å²) >= 11 is 0. The van der Waals surface area contributed by atoms with E-state index in [9.17, 15) is 0 Å². The van der Waals surface area contributed by atoms with Gasteiger partial charge in [-0.2, -0.15) is 0 Å². The Kier molecular flexibility index (Phi) is 2.41. The van der Waals surface area contributed by atoms with Crippen LogP contribution in [-0.4, -0.2) is 19.8 Å². The second-order valence-electron chi connectivity index (χ2n) is 4.91. The van der Waals surface area contributed by atoms with Crippen LogP contribution in [0.2, 0.25) is 0 Å². The Bertz CT molecular complexity index is 189. The van der Waals surface area contributed by atoms with Crippen LogP contribution in [0.3, 0.4) is 0 Å². The normalized spacial score (nSPS) is 42.5. The Balaban J connectivity index is 1.83. The molecule has 3 saturated carbocycles.